The molecule has 0 atom stereocenters. The average Bonchev–Trinajstić information content (AvgIpc) is 2.26. The lowest BCUT2D eigenvalue weighted by molar-refractivity contribution is -0.0392. The number of hydrogen-bond acceptors (Lipinski definition) is 2. The van der Waals surface area contributed by atoms with E-state index in [2.05, 4.69) is 37.4 Å². The van der Waals surface area contributed by atoms with Crippen LogP contribution in [0.3, 0.4) is 0 Å². The van der Waals surface area contributed by atoms with Gasteiger partial charge < -0.3 is 10.1 Å². The van der Waals surface area contributed by atoms with Gasteiger partial charge in [-0.25, -0.2) is 0 Å². The minimum atomic E-state index is 0.480. The van der Waals surface area contributed by atoms with Crippen LogP contribution in [-0.4, -0.2) is 19.7 Å². The van der Waals surface area contributed by atoms with Crippen molar-refractivity contribution in [3.8, 4) is 0 Å². The van der Waals surface area contributed by atoms with Crippen LogP contribution in [0.25, 0.3) is 0 Å². The second kappa shape index (κ2) is 5.65. The van der Waals surface area contributed by atoms with Crippen LogP contribution < -0.4 is 5.32 Å². The van der Waals surface area contributed by atoms with Crippen LogP contribution in [0, 0.1) is 19.8 Å². The zero-order chi connectivity index (χ0) is 12.3. The molecule has 17 heavy (non-hydrogen) atoms. The fraction of sp³-hybridized carbons (Fsp3) is 0.600. The van der Waals surface area contributed by atoms with E-state index in [1.807, 2.05) is 7.05 Å². The standard InChI is InChI=1S/C15H23NO/c1-11-4-5-12(2)14(6-11)10-17-15-7-13(8-15)9-16-3/h4-6,13,15-16H,7-10H2,1-3H3. The molecule has 1 aromatic carbocycles. The quantitative estimate of drug-likeness (QED) is 0.844. The fourth-order valence-corrected chi connectivity index (χ4v) is 2.43. The number of benzene rings is 1. The SMILES string of the molecule is CNCC1CC(OCc2cc(C)ccc2C)C1. The van der Waals surface area contributed by atoms with E-state index in [0.717, 1.165) is 19.1 Å². The van der Waals surface area contributed by atoms with E-state index in [1.54, 1.807) is 0 Å². The molecule has 1 N–H and O–H groups in total. The summed E-state index contributed by atoms with van der Waals surface area (Å²) in [6, 6.07) is 6.57. The van der Waals surface area contributed by atoms with Gasteiger partial charge in [-0.05, 0) is 57.3 Å². The van der Waals surface area contributed by atoms with E-state index in [-0.39, 0.29) is 0 Å². The third kappa shape index (κ3) is 3.30. The summed E-state index contributed by atoms with van der Waals surface area (Å²) in [5, 5.41) is 3.23. The van der Waals surface area contributed by atoms with E-state index in [1.165, 1.54) is 29.5 Å². The van der Waals surface area contributed by atoms with Gasteiger partial charge >= 0.3 is 0 Å². The van der Waals surface area contributed by atoms with Crippen molar-refractivity contribution < 1.29 is 4.74 Å². The van der Waals surface area contributed by atoms with Crippen molar-refractivity contribution >= 4 is 0 Å². The van der Waals surface area contributed by atoms with Crippen LogP contribution in [-0.2, 0) is 11.3 Å². The maximum atomic E-state index is 5.95. The second-order valence-electron chi connectivity index (χ2n) is 5.26. The molecule has 1 aromatic rings. The van der Waals surface area contributed by atoms with Crippen molar-refractivity contribution in [3.05, 3.63) is 34.9 Å². The number of hydrogen-bond donors (Lipinski definition) is 1. The molecule has 0 amide bonds. The molecule has 0 saturated heterocycles. The number of ether oxygens (including phenoxy) is 1. The van der Waals surface area contributed by atoms with Gasteiger partial charge in [0.05, 0.1) is 12.7 Å². The summed E-state index contributed by atoms with van der Waals surface area (Å²) in [6.45, 7) is 6.19. The van der Waals surface area contributed by atoms with Crippen molar-refractivity contribution in [2.45, 2.75) is 39.4 Å². The molecule has 2 rings (SSSR count). The Morgan fingerprint density at radius 3 is 2.76 bits per heavy atom. The van der Waals surface area contributed by atoms with Gasteiger partial charge in [0.2, 0.25) is 0 Å². The molecule has 1 aliphatic carbocycles. The zero-order valence-electron chi connectivity index (χ0n) is 11.1. The van der Waals surface area contributed by atoms with Gasteiger partial charge in [0.25, 0.3) is 0 Å². The van der Waals surface area contributed by atoms with Gasteiger partial charge in [-0.15, -0.1) is 0 Å². The van der Waals surface area contributed by atoms with E-state index >= 15 is 0 Å². The van der Waals surface area contributed by atoms with Crippen LogP contribution in [0.1, 0.15) is 29.5 Å². The first kappa shape index (κ1) is 12.6. The lowest BCUT2D eigenvalue weighted by Crippen LogP contribution is -2.36. The molecule has 1 saturated carbocycles. The van der Waals surface area contributed by atoms with Crippen molar-refractivity contribution in [2.24, 2.45) is 5.92 Å². The molecular weight excluding hydrogens is 210 g/mol. The van der Waals surface area contributed by atoms with Gasteiger partial charge in [0.1, 0.15) is 0 Å². The Hall–Kier alpha value is -0.860. The van der Waals surface area contributed by atoms with Gasteiger partial charge in [0, 0.05) is 0 Å². The Kier molecular flexibility index (Phi) is 4.19. The van der Waals surface area contributed by atoms with Gasteiger partial charge in [-0.1, -0.05) is 23.8 Å². The third-order valence-corrected chi connectivity index (χ3v) is 3.66. The minimum Gasteiger partial charge on any atom is -0.374 e. The first-order valence-corrected chi connectivity index (χ1v) is 6.51. The third-order valence-electron chi connectivity index (χ3n) is 3.66. The van der Waals surface area contributed by atoms with Crippen LogP contribution >= 0.6 is 0 Å². The Labute approximate surface area is 104 Å². The first-order valence-electron chi connectivity index (χ1n) is 6.51. The molecule has 0 heterocycles. The minimum absolute atomic E-state index is 0.480. The highest BCUT2D eigenvalue weighted by Gasteiger charge is 2.29. The Bertz CT molecular complexity index is 369. The molecule has 0 bridgehead atoms. The van der Waals surface area contributed by atoms with Crippen molar-refractivity contribution in [1.82, 2.24) is 5.32 Å². The van der Waals surface area contributed by atoms with Gasteiger partial charge in [-0.3, -0.25) is 0 Å². The molecule has 2 heteroatoms. The molecule has 0 aromatic heterocycles. The normalized spacial score (nSPS) is 23.5. The molecular formula is C15H23NO. The van der Waals surface area contributed by atoms with Crippen LogP contribution in [0.5, 0.6) is 0 Å². The number of rotatable bonds is 5. The summed E-state index contributed by atoms with van der Waals surface area (Å²) in [5.41, 5.74) is 3.99. The molecule has 0 unspecified atom stereocenters. The summed E-state index contributed by atoms with van der Waals surface area (Å²) in [5.74, 6) is 0.823. The lowest BCUT2D eigenvalue weighted by atomic mass is 9.82. The molecule has 0 radical (unpaired) electrons. The monoisotopic (exact) mass is 233 g/mol. The van der Waals surface area contributed by atoms with Crippen LogP contribution in [0.2, 0.25) is 0 Å². The highest BCUT2D eigenvalue weighted by atomic mass is 16.5. The summed E-state index contributed by atoms with van der Waals surface area (Å²) in [4.78, 5) is 0. The lowest BCUT2D eigenvalue weighted by Gasteiger charge is -2.35. The zero-order valence-corrected chi connectivity index (χ0v) is 11.1. The number of nitrogens with one attached hydrogen (secondary N) is 1. The Balaban J connectivity index is 1.77. The maximum Gasteiger partial charge on any atom is 0.0723 e. The van der Waals surface area contributed by atoms with E-state index in [0.29, 0.717) is 6.10 Å². The molecule has 0 spiro atoms. The second-order valence-corrected chi connectivity index (χ2v) is 5.26. The van der Waals surface area contributed by atoms with E-state index in [4.69, 9.17) is 4.74 Å². The Morgan fingerprint density at radius 1 is 1.29 bits per heavy atom. The largest absolute Gasteiger partial charge is 0.374 e. The van der Waals surface area contributed by atoms with E-state index < -0.39 is 0 Å². The highest BCUT2D eigenvalue weighted by Crippen LogP contribution is 2.30. The summed E-state index contributed by atoms with van der Waals surface area (Å²) < 4.78 is 5.95. The molecule has 1 fully saturated rings. The summed E-state index contributed by atoms with van der Waals surface area (Å²) in [6.07, 6.45) is 2.91. The van der Waals surface area contributed by atoms with Gasteiger partial charge in [-0.2, -0.15) is 0 Å². The Morgan fingerprint density at radius 2 is 2.06 bits per heavy atom. The maximum absolute atomic E-state index is 5.95. The van der Waals surface area contributed by atoms with Crippen molar-refractivity contribution in [2.75, 3.05) is 13.6 Å². The highest BCUT2D eigenvalue weighted by molar-refractivity contribution is 5.29. The predicted molar refractivity (Wildman–Crippen MR) is 71.1 cm³/mol. The average molecular weight is 233 g/mol. The first-order chi connectivity index (χ1) is 8.19. The topological polar surface area (TPSA) is 21.3 Å². The molecule has 2 nitrogen and oxygen atoms in total. The summed E-state index contributed by atoms with van der Waals surface area (Å²) >= 11 is 0. The van der Waals surface area contributed by atoms with Crippen molar-refractivity contribution in [3.63, 3.8) is 0 Å². The van der Waals surface area contributed by atoms with E-state index in [9.17, 15) is 0 Å². The van der Waals surface area contributed by atoms with Crippen molar-refractivity contribution in [1.29, 1.82) is 0 Å². The summed E-state index contributed by atoms with van der Waals surface area (Å²) in [7, 11) is 2.02. The molecule has 94 valence electrons. The smallest absolute Gasteiger partial charge is 0.0723 e. The van der Waals surface area contributed by atoms with Crippen LogP contribution in [0.15, 0.2) is 18.2 Å². The molecule has 1 aliphatic rings. The fourth-order valence-electron chi connectivity index (χ4n) is 2.43. The van der Waals surface area contributed by atoms with Crippen LogP contribution in [0.4, 0.5) is 0 Å². The van der Waals surface area contributed by atoms with Gasteiger partial charge in [0.15, 0.2) is 0 Å². The predicted octanol–water partition coefficient (Wildman–Crippen LogP) is 2.82. The number of aryl methyl sites for hydroxylation is 2. The molecule has 0 aliphatic heterocycles.